The van der Waals surface area contributed by atoms with Gasteiger partial charge in [-0.3, -0.25) is 0 Å². The molecule has 13 heavy (non-hydrogen) atoms. The highest BCUT2D eigenvalue weighted by Crippen LogP contribution is 2.32. The van der Waals surface area contributed by atoms with Crippen LogP contribution in [0.5, 0.6) is 5.75 Å². The van der Waals surface area contributed by atoms with Crippen LogP contribution in [0.3, 0.4) is 0 Å². The number of halogens is 2. The fraction of sp³-hybridized carbons (Fsp3) is 0.111. The largest absolute Gasteiger partial charge is 0.506 e. The standard InChI is InChI=1S/C9H8BrClO2/c10-8-5-7(11)4-6(9(8)13)2-1-3-12/h1-2,4-5,12-13H,3H2/b2-1+. The summed E-state index contributed by atoms with van der Waals surface area (Å²) in [7, 11) is 0. The Morgan fingerprint density at radius 2 is 2.15 bits per heavy atom. The highest BCUT2D eigenvalue weighted by molar-refractivity contribution is 9.10. The van der Waals surface area contributed by atoms with Crippen LogP contribution in [0.25, 0.3) is 6.08 Å². The average molecular weight is 264 g/mol. The van der Waals surface area contributed by atoms with Crippen molar-refractivity contribution in [3.63, 3.8) is 0 Å². The summed E-state index contributed by atoms with van der Waals surface area (Å²) in [4.78, 5) is 0. The van der Waals surface area contributed by atoms with Crippen molar-refractivity contribution < 1.29 is 10.2 Å². The lowest BCUT2D eigenvalue weighted by Gasteiger charge is -2.02. The minimum Gasteiger partial charge on any atom is -0.506 e. The van der Waals surface area contributed by atoms with Gasteiger partial charge in [0.05, 0.1) is 11.1 Å². The Hall–Kier alpha value is -0.510. The van der Waals surface area contributed by atoms with Gasteiger partial charge in [0.25, 0.3) is 0 Å². The topological polar surface area (TPSA) is 40.5 Å². The fourth-order valence-corrected chi connectivity index (χ4v) is 1.73. The molecule has 0 radical (unpaired) electrons. The van der Waals surface area contributed by atoms with Gasteiger partial charge < -0.3 is 10.2 Å². The molecule has 2 N–H and O–H groups in total. The lowest BCUT2D eigenvalue weighted by molar-refractivity contribution is 0.343. The molecule has 0 bridgehead atoms. The maximum atomic E-state index is 9.51. The van der Waals surface area contributed by atoms with Crippen molar-refractivity contribution in [2.24, 2.45) is 0 Å². The van der Waals surface area contributed by atoms with Gasteiger partial charge in [-0.15, -0.1) is 0 Å². The summed E-state index contributed by atoms with van der Waals surface area (Å²) in [6, 6.07) is 3.22. The van der Waals surface area contributed by atoms with Gasteiger partial charge in [-0.2, -0.15) is 0 Å². The van der Waals surface area contributed by atoms with Gasteiger partial charge in [-0.1, -0.05) is 23.8 Å². The monoisotopic (exact) mass is 262 g/mol. The molecule has 0 amide bonds. The third-order valence-electron chi connectivity index (χ3n) is 1.46. The van der Waals surface area contributed by atoms with Crippen LogP contribution in [0, 0.1) is 0 Å². The minimum atomic E-state index is -0.0659. The molecule has 0 spiro atoms. The zero-order valence-corrected chi connectivity index (χ0v) is 9.01. The summed E-state index contributed by atoms with van der Waals surface area (Å²) >= 11 is 8.92. The molecule has 0 atom stereocenters. The lowest BCUT2D eigenvalue weighted by atomic mass is 10.2. The predicted molar refractivity (Wildman–Crippen MR) is 56.9 cm³/mol. The van der Waals surface area contributed by atoms with E-state index in [1.165, 1.54) is 6.08 Å². The van der Waals surface area contributed by atoms with Gasteiger partial charge in [-0.25, -0.2) is 0 Å². The molecule has 0 saturated carbocycles. The maximum Gasteiger partial charge on any atom is 0.137 e. The number of hydrogen-bond donors (Lipinski definition) is 2. The molecule has 0 unspecified atom stereocenters. The van der Waals surface area contributed by atoms with Crippen LogP contribution in [0.2, 0.25) is 5.02 Å². The van der Waals surface area contributed by atoms with E-state index in [1.807, 2.05) is 0 Å². The van der Waals surface area contributed by atoms with Crippen LogP contribution in [0.15, 0.2) is 22.7 Å². The van der Waals surface area contributed by atoms with Gasteiger partial charge >= 0.3 is 0 Å². The number of aromatic hydroxyl groups is 1. The molecule has 1 rings (SSSR count). The number of phenols is 1. The molecule has 0 fully saturated rings. The SMILES string of the molecule is OC/C=C/c1cc(Cl)cc(Br)c1O. The van der Waals surface area contributed by atoms with E-state index in [1.54, 1.807) is 18.2 Å². The number of rotatable bonds is 2. The Bertz CT molecular complexity index is 337. The van der Waals surface area contributed by atoms with E-state index < -0.39 is 0 Å². The summed E-state index contributed by atoms with van der Waals surface area (Å²) in [6.07, 6.45) is 3.13. The van der Waals surface area contributed by atoms with E-state index >= 15 is 0 Å². The van der Waals surface area contributed by atoms with E-state index in [0.717, 1.165) is 0 Å². The van der Waals surface area contributed by atoms with E-state index in [4.69, 9.17) is 16.7 Å². The Morgan fingerprint density at radius 3 is 2.77 bits per heavy atom. The average Bonchev–Trinajstić information content (AvgIpc) is 2.09. The number of hydrogen-bond acceptors (Lipinski definition) is 2. The summed E-state index contributed by atoms with van der Waals surface area (Å²) in [5.74, 6) is 0.120. The Labute approximate surface area is 89.6 Å². The predicted octanol–water partition coefficient (Wildman–Crippen LogP) is 2.81. The highest BCUT2D eigenvalue weighted by Gasteiger charge is 2.03. The zero-order chi connectivity index (χ0) is 9.84. The number of aliphatic hydroxyl groups is 1. The maximum absolute atomic E-state index is 9.51. The van der Waals surface area contributed by atoms with Crippen LogP contribution in [0.4, 0.5) is 0 Å². The number of benzene rings is 1. The fourth-order valence-electron chi connectivity index (χ4n) is 0.893. The molecule has 0 aliphatic rings. The quantitative estimate of drug-likeness (QED) is 0.861. The van der Waals surface area contributed by atoms with E-state index in [-0.39, 0.29) is 12.4 Å². The van der Waals surface area contributed by atoms with Crippen molar-refractivity contribution in [1.29, 1.82) is 0 Å². The summed E-state index contributed by atoms with van der Waals surface area (Å²) in [5, 5.41) is 18.6. The molecule has 70 valence electrons. The van der Waals surface area contributed by atoms with Crippen molar-refractivity contribution in [3.05, 3.63) is 33.3 Å². The van der Waals surface area contributed by atoms with Crippen LogP contribution in [-0.2, 0) is 0 Å². The highest BCUT2D eigenvalue weighted by atomic mass is 79.9. The molecule has 0 saturated heterocycles. The van der Waals surface area contributed by atoms with Gasteiger partial charge in [0.2, 0.25) is 0 Å². The molecule has 0 aliphatic carbocycles. The molecule has 4 heteroatoms. The van der Waals surface area contributed by atoms with Crippen LogP contribution in [-0.4, -0.2) is 16.8 Å². The van der Waals surface area contributed by atoms with E-state index in [0.29, 0.717) is 15.1 Å². The Balaban J connectivity index is 3.12. The molecule has 1 aromatic rings. The summed E-state index contributed by atoms with van der Waals surface area (Å²) < 4.78 is 0.539. The summed E-state index contributed by atoms with van der Waals surface area (Å²) in [6.45, 7) is -0.0659. The van der Waals surface area contributed by atoms with Gasteiger partial charge in [0.1, 0.15) is 5.75 Å². The smallest absolute Gasteiger partial charge is 0.137 e. The third-order valence-corrected chi connectivity index (χ3v) is 2.28. The second-order valence-electron chi connectivity index (χ2n) is 2.41. The first-order valence-electron chi connectivity index (χ1n) is 3.60. The van der Waals surface area contributed by atoms with Crippen molar-refractivity contribution in [2.45, 2.75) is 0 Å². The van der Waals surface area contributed by atoms with Gasteiger partial charge in [0, 0.05) is 10.6 Å². The first-order chi connectivity index (χ1) is 6.15. The zero-order valence-electron chi connectivity index (χ0n) is 6.67. The van der Waals surface area contributed by atoms with Crippen LogP contribution in [0.1, 0.15) is 5.56 Å². The first kappa shape index (κ1) is 10.6. The van der Waals surface area contributed by atoms with Crippen molar-refractivity contribution in [3.8, 4) is 5.75 Å². The second-order valence-corrected chi connectivity index (χ2v) is 3.70. The summed E-state index contributed by atoms with van der Waals surface area (Å²) in [5.41, 5.74) is 0.577. The van der Waals surface area contributed by atoms with Crippen molar-refractivity contribution in [1.82, 2.24) is 0 Å². The van der Waals surface area contributed by atoms with Gasteiger partial charge in [-0.05, 0) is 28.1 Å². The number of aliphatic hydroxyl groups excluding tert-OH is 1. The molecule has 0 heterocycles. The molecular formula is C9H8BrClO2. The normalized spacial score (nSPS) is 11.0. The van der Waals surface area contributed by atoms with E-state index in [2.05, 4.69) is 15.9 Å². The molecule has 1 aromatic carbocycles. The molecular weight excluding hydrogens is 255 g/mol. The van der Waals surface area contributed by atoms with E-state index in [9.17, 15) is 5.11 Å². The Kier molecular flexibility index (Phi) is 3.78. The third kappa shape index (κ3) is 2.72. The first-order valence-corrected chi connectivity index (χ1v) is 4.77. The van der Waals surface area contributed by atoms with Gasteiger partial charge in [0.15, 0.2) is 0 Å². The van der Waals surface area contributed by atoms with Crippen molar-refractivity contribution in [2.75, 3.05) is 6.61 Å². The number of phenolic OH excluding ortho intramolecular Hbond substituents is 1. The molecule has 2 nitrogen and oxygen atoms in total. The van der Waals surface area contributed by atoms with Crippen LogP contribution >= 0.6 is 27.5 Å². The molecule has 0 aromatic heterocycles. The second kappa shape index (κ2) is 4.65. The van der Waals surface area contributed by atoms with Crippen molar-refractivity contribution >= 4 is 33.6 Å². The molecule has 0 aliphatic heterocycles. The van der Waals surface area contributed by atoms with Crippen LogP contribution < -0.4 is 0 Å². The lowest BCUT2D eigenvalue weighted by Crippen LogP contribution is -1.79. The minimum absolute atomic E-state index is 0.0659. The Morgan fingerprint density at radius 1 is 1.46 bits per heavy atom.